The van der Waals surface area contributed by atoms with Crippen molar-refractivity contribution in [1.82, 2.24) is 20.3 Å². The summed E-state index contributed by atoms with van der Waals surface area (Å²) in [7, 11) is 1.67. The van der Waals surface area contributed by atoms with Crippen LogP contribution in [0.5, 0.6) is 0 Å². The second-order valence-corrected chi connectivity index (χ2v) is 8.00. The first-order valence-electron chi connectivity index (χ1n) is 6.86. The van der Waals surface area contributed by atoms with Crippen LogP contribution in [0.3, 0.4) is 0 Å². The molecule has 3 heterocycles. The lowest BCUT2D eigenvalue weighted by Crippen LogP contribution is -2.06. The van der Waals surface area contributed by atoms with Gasteiger partial charge in [0.05, 0.1) is 16.7 Å². The number of anilines is 1. The van der Waals surface area contributed by atoms with E-state index in [4.69, 9.17) is 9.26 Å². The predicted octanol–water partition coefficient (Wildman–Crippen LogP) is 3.56. The lowest BCUT2D eigenvalue weighted by molar-refractivity contribution is 0.211. The molecule has 3 aromatic rings. The number of hydrogen-bond donors (Lipinski definition) is 1. The van der Waals surface area contributed by atoms with Gasteiger partial charge >= 0.3 is 0 Å². The quantitative estimate of drug-likeness (QED) is 0.476. The number of aromatic nitrogens is 4. The Morgan fingerprint density at radius 1 is 1.43 bits per heavy atom. The van der Waals surface area contributed by atoms with Crippen LogP contribution >= 0.6 is 34.4 Å². The average molecular weight is 369 g/mol. The molecule has 0 spiro atoms. The van der Waals surface area contributed by atoms with E-state index in [1.165, 1.54) is 11.3 Å². The van der Waals surface area contributed by atoms with Gasteiger partial charge in [0.1, 0.15) is 0 Å². The third-order valence-corrected chi connectivity index (χ3v) is 5.72. The van der Waals surface area contributed by atoms with Gasteiger partial charge in [-0.3, -0.25) is 0 Å². The fourth-order valence-electron chi connectivity index (χ4n) is 1.70. The molecule has 0 amide bonds. The van der Waals surface area contributed by atoms with E-state index in [1.807, 2.05) is 24.4 Å². The minimum atomic E-state index is 0.0102. The first-order valence-corrected chi connectivity index (χ1v) is 9.44. The lowest BCUT2D eigenvalue weighted by atomic mass is 10.4. The summed E-state index contributed by atoms with van der Waals surface area (Å²) < 4.78 is 11.2. The zero-order chi connectivity index (χ0) is 16.1. The molecule has 1 atom stereocenters. The highest BCUT2D eigenvalue weighted by atomic mass is 32.2. The summed E-state index contributed by atoms with van der Waals surface area (Å²) >= 11 is 4.63. The smallest absolute Gasteiger partial charge is 0.240 e. The second-order valence-electron chi connectivity index (χ2n) is 4.49. The van der Waals surface area contributed by atoms with Gasteiger partial charge in [-0.1, -0.05) is 34.3 Å². The van der Waals surface area contributed by atoms with Gasteiger partial charge in [-0.2, -0.15) is 4.98 Å². The minimum Gasteiger partial charge on any atom is -0.383 e. The maximum Gasteiger partial charge on any atom is 0.240 e. The van der Waals surface area contributed by atoms with Crippen molar-refractivity contribution in [3.63, 3.8) is 0 Å². The first kappa shape index (κ1) is 16.4. The zero-order valence-electron chi connectivity index (χ0n) is 12.6. The van der Waals surface area contributed by atoms with Crippen molar-refractivity contribution in [2.45, 2.75) is 16.5 Å². The Morgan fingerprint density at radius 2 is 2.35 bits per heavy atom. The van der Waals surface area contributed by atoms with Crippen molar-refractivity contribution in [2.24, 2.45) is 0 Å². The average Bonchev–Trinajstić information content (AvgIpc) is 3.29. The Labute approximate surface area is 145 Å². The molecule has 3 aromatic heterocycles. The molecule has 0 aliphatic heterocycles. The topological polar surface area (TPSA) is 86.0 Å². The van der Waals surface area contributed by atoms with Crippen molar-refractivity contribution >= 4 is 39.6 Å². The van der Waals surface area contributed by atoms with Crippen LogP contribution in [0.2, 0.25) is 0 Å². The maximum atomic E-state index is 5.36. The van der Waals surface area contributed by atoms with E-state index in [-0.39, 0.29) is 5.25 Å². The van der Waals surface area contributed by atoms with E-state index in [0.717, 1.165) is 14.3 Å². The summed E-state index contributed by atoms with van der Waals surface area (Å²) in [6.45, 7) is 3.35. The van der Waals surface area contributed by atoms with Crippen LogP contribution in [0.1, 0.15) is 18.1 Å². The standard InChI is InChI=1S/C13H15N5O2S3/c1-8(11-15-10(18-20-11)9-4-3-7-21-9)22-13-17-16-12(23-13)14-5-6-19-2/h3-4,7-8H,5-6H2,1-2H3,(H,14,16). The molecule has 0 bridgehead atoms. The molecular formula is C13H15N5O2S3. The summed E-state index contributed by atoms with van der Waals surface area (Å²) in [6, 6.07) is 3.94. The molecule has 10 heteroatoms. The van der Waals surface area contributed by atoms with E-state index in [2.05, 4.69) is 25.7 Å². The summed E-state index contributed by atoms with van der Waals surface area (Å²) in [4.78, 5) is 5.45. The Bertz CT molecular complexity index is 728. The number of thioether (sulfide) groups is 1. The van der Waals surface area contributed by atoms with Crippen molar-refractivity contribution in [3.8, 4) is 10.7 Å². The molecule has 0 aliphatic carbocycles. The van der Waals surface area contributed by atoms with Crippen LogP contribution < -0.4 is 5.32 Å². The molecule has 0 aliphatic rings. The monoisotopic (exact) mass is 369 g/mol. The third kappa shape index (κ3) is 4.28. The normalized spacial score (nSPS) is 12.4. The van der Waals surface area contributed by atoms with Gasteiger partial charge in [0, 0.05) is 13.7 Å². The molecule has 0 aromatic carbocycles. The van der Waals surface area contributed by atoms with E-state index in [9.17, 15) is 0 Å². The highest BCUT2D eigenvalue weighted by Gasteiger charge is 2.19. The molecule has 1 unspecified atom stereocenters. The van der Waals surface area contributed by atoms with Crippen LogP contribution in [0.4, 0.5) is 5.13 Å². The predicted molar refractivity (Wildman–Crippen MR) is 92.2 cm³/mol. The fraction of sp³-hybridized carbons (Fsp3) is 0.385. The minimum absolute atomic E-state index is 0.0102. The number of ether oxygens (including phenoxy) is 1. The number of hydrogen-bond acceptors (Lipinski definition) is 10. The molecule has 0 fully saturated rings. The molecule has 3 rings (SSSR count). The van der Waals surface area contributed by atoms with Crippen LogP contribution in [0, 0.1) is 0 Å². The summed E-state index contributed by atoms with van der Waals surface area (Å²) in [5.74, 6) is 1.21. The summed E-state index contributed by atoms with van der Waals surface area (Å²) in [5.41, 5.74) is 0. The highest BCUT2D eigenvalue weighted by Crippen LogP contribution is 2.37. The molecule has 122 valence electrons. The van der Waals surface area contributed by atoms with E-state index < -0.39 is 0 Å². The lowest BCUT2D eigenvalue weighted by Gasteiger charge is -2.01. The van der Waals surface area contributed by atoms with Gasteiger partial charge in [-0.15, -0.1) is 21.5 Å². The number of nitrogens with zero attached hydrogens (tertiary/aromatic N) is 4. The van der Waals surface area contributed by atoms with Crippen LogP contribution in [0.25, 0.3) is 10.7 Å². The molecule has 0 saturated carbocycles. The van der Waals surface area contributed by atoms with Crippen LogP contribution in [-0.4, -0.2) is 40.6 Å². The number of methoxy groups -OCH3 is 1. The highest BCUT2D eigenvalue weighted by molar-refractivity contribution is 8.01. The molecule has 1 N–H and O–H groups in total. The first-order chi connectivity index (χ1) is 11.3. The molecule has 0 radical (unpaired) electrons. The van der Waals surface area contributed by atoms with Gasteiger partial charge in [0.2, 0.25) is 16.8 Å². The number of thiophene rings is 1. The van der Waals surface area contributed by atoms with Crippen LogP contribution in [0.15, 0.2) is 26.4 Å². The zero-order valence-corrected chi connectivity index (χ0v) is 15.0. The fourth-order valence-corrected chi connectivity index (χ4v) is 4.30. The molecule has 7 nitrogen and oxygen atoms in total. The van der Waals surface area contributed by atoms with E-state index in [1.54, 1.807) is 30.2 Å². The SMILES string of the molecule is COCCNc1nnc(SC(C)c2nc(-c3cccs3)no2)s1. The molecule has 0 saturated heterocycles. The van der Waals surface area contributed by atoms with E-state index in [0.29, 0.717) is 24.9 Å². The largest absolute Gasteiger partial charge is 0.383 e. The van der Waals surface area contributed by atoms with Crippen molar-refractivity contribution in [2.75, 3.05) is 25.6 Å². The Kier molecular flexibility index (Phi) is 5.60. The Morgan fingerprint density at radius 3 is 3.13 bits per heavy atom. The number of rotatable bonds is 8. The van der Waals surface area contributed by atoms with Crippen molar-refractivity contribution in [3.05, 3.63) is 23.4 Å². The van der Waals surface area contributed by atoms with Crippen molar-refractivity contribution < 1.29 is 9.26 Å². The summed E-state index contributed by atoms with van der Waals surface area (Å²) in [5, 5.41) is 18.2. The van der Waals surface area contributed by atoms with E-state index >= 15 is 0 Å². The Balaban J connectivity index is 1.59. The van der Waals surface area contributed by atoms with Gasteiger partial charge in [0.15, 0.2) is 4.34 Å². The maximum absolute atomic E-state index is 5.36. The van der Waals surface area contributed by atoms with Gasteiger partial charge in [-0.25, -0.2) is 0 Å². The van der Waals surface area contributed by atoms with Gasteiger partial charge in [0.25, 0.3) is 0 Å². The van der Waals surface area contributed by atoms with Gasteiger partial charge < -0.3 is 14.6 Å². The molecule has 23 heavy (non-hydrogen) atoms. The van der Waals surface area contributed by atoms with Crippen LogP contribution in [-0.2, 0) is 4.74 Å². The second kappa shape index (κ2) is 7.86. The summed E-state index contributed by atoms with van der Waals surface area (Å²) in [6.07, 6.45) is 0. The molecular weight excluding hydrogens is 354 g/mol. The van der Waals surface area contributed by atoms with Gasteiger partial charge in [-0.05, 0) is 18.4 Å². The Hall–Kier alpha value is -1.49. The number of nitrogens with one attached hydrogen (secondary N) is 1. The van der Waals surface area contributed by atoms with Crippen molar-refractivity contribution in [1.29, 1.82) is 0 Å². The third-order valence-electron chi connectivity index (χ3n) is 2.80.